The lowest BCUT2D eigenvalue weighted by molar-refractivity contribution is 0.241. The third kappa shape index (κ3) is 3.72. The van der Waals surface area contributed by atoms with Crippen molar-refractivity contribution in [2.24, 2.45) is 5.84 Å². The molecule has 0 fully saturated rings. The Balaban J connectivity index is 2.51. The summed E-state index contributed by atoms with van der Waals surface area (Å²) in [5, 5.41) is 2.65. The van der Waals surface area contributed by atoms with Gasteiger partial charge in [0.25, 0.3) is 0 Å². The van der Waals surface area contributed by atoms with E-state index in [4.69, 9.17) is 33.8 Å². The first kappa shape index (κ1) is 11.6. The van der Waals surface area contributed by atoms with Crippen LogP contribution in [-0.4, -0.2) is 25.2 Å². The summed E-state index contributed by atoms with van der Waals surface area (Å²) >= 11 is 11.6. The number of hydrogen-bond acceptors (Lipinski definition) is 3. The van der Waals surface area contributed by atoms with E-state index in [-0.39, 0.29) is 0 Å². The van der Waals surface area contributed by atoms with E-state index in [9.17, 15) is 0 Å². The van der Waals surface area contributed by atoms with E-state index >= 15 is 0 Å². The van der Waals surface area contributed by atoms with Gasteiger partial charge in [-0.25, -0.2) is 5.01 Å². The molecule has 1 aromatic rings. The molecule has 1 rings (SSSR count). The summed E-state index contributed by atoms with van der Waals surface area (Å²) < 4.78 is 5.39. The van der Waals surface area contributed by atoms with Gasteiger partial charge in [-0.05, 0) is 18.2 Å². The van der Waals surface area contributed by atoms with Gasteiger partial charge in [0.05, 0.1) is 5.02 Å². The summed E-state index contributed by atoms with van der Waals surface area (Å²) in [6.07, 6.45) is 0. The molecule has 0 aliphatic carbocycles. The number of rotatable bonds is 4. The zero-order chi connectivity index (χ0) is 10.6. The van der Waals surface area contributed by atoms with Gasteiger partial charge in [-0.2, -0.15) is 0 Å². The van der Waals surface area contributed by atoms with E-state index in [0.29, 0.717) is 28.9 Å². The lowest BCUT2D eigenvalue weighted by atomic mass is 10.3. The first-order valence-corrected chi connectivity index (χ1v) is 4.89. The molecule has 0 spiro atoms. The van der Waals surface area contributed by atoms with Crippen molar-refractivity contribution in [2.45, 2.75) is 0 Å². The molecule has 0 aliphatic heterocycles. The number of likely N-dealkylation sites (N-methyl/N-ethyl adjacent to an activating group) is 1. The fourth-order valence-corrected chi connectivity index (χ4v) is 1.35. The molecule has 5 heteroatoms. The van der Waals surface area contributed by atoms with Crippen LogP contribution >= 0.6 is 23.2 Å². The van der Waals surface area contributed by atoms with E-state index < -0.39 is 0 Å². The molecular formula is C9H12Cl2N2O. The monoisotopic (exact) mass is 234 g/mol. The molecule has 0 radical (unpaired) electrons. The molecule has 78 valence electrons. The third-order valence-corrected chi connectivity index (χ3v) is 2.13. The summed E-state index contributed by atoms with van der Waals surface area (Å²) in [6, 6.07) is 5.11. The van der Waals surface area contributed by atoms with Gasteiger partial charge in [0, 0.05) is 18.6 Å². The quantitative estimate of drug-likeness (QED) is 0.642. The number of hydrazine groups is 1. The van der Waals surface area contributed by atoms with Gasteiger partial charge in [-0.15, -0.1) is 0 Å². The number of nitrogens with two attached hydrogens (primary N) is 1. The van der Waals surface area contributed by atoms with Crippen LogP contribution in [0.25, 0.3) is 0 Å². The first-order valence-electron chi connectivity index (χ1n) is 4.13. The molecule has 0 bridgehead atoms. The zero-order valence-corrected chi connectivity index (χ0v) is 9.35. The maximum absolute atomic E-state index is 5.89. The molecule has 3 nitrogen and oxygen atoms in total. The maximum atomic E-state index is 5.89. The van der Waals surface area contributed by atoms with Crippen LogP contribution in [0.5, 0.6) is 5.75 Å². The summed E-state index contributed by atoms with van der Waals surface area (Å²) in [4.78, 5) is 0. The van der Waals surface area contributed by atoms with Gasteiger partial charge in [0.2, 0.25) is 0 Å². The number of hydrogen-bond donors (Lipinski definition) is 1. The lowest BCUT2D eigenvalue weighted by Crippen LogP contribution is -2.30. The Morgan fingerprint density at radius 3 is 2.71 bits per heavy atom. The highest BCUT2D eigenvalue weighted by molar-refractivity contribution is 6.35. The van der Waals surface area contributed by atoms with E-state index in [1.54, 1.807) is 30.3 Å². The van der Waals surface area contributed by atoms with Gasteiger partial charge >= 0.3 is 0 Å². The second kappa shape index (κ2) is 5.41. The van der Waals surface area contributed by atoms with Crippen LogP contribution in [0.4, 0.5) is 0 Å². The first-order chi connectivity index (χ1) is 6.59. The van der Waals surface area contributed by atoms with Crippen molar-refractivity contribution < 1.29 is 4.74 Å². The Hall–Kier alpha value is -0.480. The second-order valence-corrected chi connectivity index (χ2v) is 3.75. The fraction of sp³-hybridized carbons (Fsp3) is 0.333. The Labute approximate surface area is 93.3 Å². The Morgan fingerprint density at radius 1 is 1.43 bits per heavy atom. The molecule has 2 N–H and O–H groups in total. The van der Waals surface area contributed by atoms with Crippen LogP contribution in [0, 0.1) is 0 Å². The predicted octanol–water partition coefficient (Wildman–Crippen LogP) is 2.18. The average molecular weight is 235 g/mol. The predicted molar refractivity (Wildman–Crippen MR) is 58.8 cm³/mol. The van der Waals surface area contributed by atoms with Crippen molar-refractivity contribution in [3.05, 3.63) is 28.2 Å². The summed E-state index contributed by atoms with van der Waals surface area (Å²) in [5.41, 5.74) is 0. The number of nitrogens with zero attached hydrogens (tertiary/aromatic N) is 1. The molecule has 0 saturated carbocycles. The van der Waals surface area contributed by atoms with Gasteiger partial charge in [-0.1, -0.05) is 23.2 Å². The second-order valence-electron chi connectivity index (χ2n) is 2.90. The highest BCUT2D eigenvalue weighted by Gasteiger charge is 2.01. The summed E-state index contributed by atoms with van der Waals surface area (Å²) in [7, 11) is 1.77. The summed E-state index contributed by atoms with van der Waals surface area (Å²) in [6.45, 7) is 1.13. The molecule has 0 unspecified atom stereocenters. The normalized spacial score (nSPS) is 10.6. The number of halogens is 2. The Bertz CT molecular complexity index is 305. The molecule has 14 heavy (non-hydrogen) atoms. The molecule has 0 saturated heterocycles. The lowest BCUT2D eigenvalue weighted by Gasteiger charge is -2.11. The Kier molecular flexibility index (Phi) is 4.48. The van der Waals surface area contributed by atoms with Crippen molar-refractivity contribution >= 4 is 23.2 Å². The van der Waals surface area contributed by atoms with Crippen molar-refractivity contribution in [2.75, 3.05) is 20.2 Å². The minimum absolute atomic E-state index is 0.494. The van der Waals surface area contributed by atoms with Crippen LogP contribution < -0.4 is 10.6 Å². The van der Waals surface area contributed by atoms with Crippen LogP contribution in [0.1, 0.15) is 0 Å². The van der Waals surface area contributed by atoms with Gasteiger partial charge < -0.3 is 4.74 Å². The fourth-order valence-electron chi connectivity index (χ4n) is 0.892. The molecule has 0 heterocycles. The Morgan fingerprint density at radius 2 is 2.14 bits per heavy atom. The number of benzene rings is 1. The SMILES string of the molecule is CN(N)CCOc1ccc(Cl)cc1Cl. The highest BCUT2D eigenvalue weighted by atomic mass is 35.5. The molecular weight excluding hydrogens is 223 g/mol. The third-order valence-electron chi connectivity index (χ3n) is 1.60. The van der Waals surface area contributed by atoms with E-state index in [1.165, 1.54) is 0 Å². The van der Waals surface area contributed by atoms with Gasteiger partial charge in [-0.3, -0.25) is 5.84 Å². The van der Waals surface area contributed by atoms with Crippen LogP contribution in [0.15, 0.2) is 18.2 Å². The van der Waals surface area contributed by atoms with Crippen LogP contribution in [0.2, 0.25) is 10.0 Å². The average Bonchev–Trinajstić information content (AvgIpc) is 2.08. The van der Waals surface area contributed by atoms with Crippen LogP contribution in [-0.2, 0) is 0 Å². The van der Waals surface area contributed by atoms with E-state index in [1.807, 2.05) is 0 Å². The van der Waals surface area contributed by atoms with Crippen molar-refractivity contribution in [1.29, 1.82) is 0 Å². The standard InChI is InChI=1S/C9H12Cl2N2O/c1-13(12)4-5-14-9-3-2-7(10)6-8(9)11/h2-3,6H,4-5,12H2,1H3. The topological polar surface area (TPSA) is 38.5 Å². The van der Waals surface area contributed by atoms with Crippen molar-refractivity contribution in [3.63, 3.8) is 0 Å². The molecule has 0 aliphatic rings. The molecule has 0 amide bonds. The molecule has 1 aromatic carbocycles. The zero-order valence-electron chi connectivity index (χ0n) is 7.84. The smallest absolute Gasteiger partial charge is 0.138 e. The van der Waals surface area contributed by atoms with E-state index in [0.717, 1.165) is 0 Å². The highest BCUT2D eigenvalue weighted by Crippen LogP contribution is 2.27. The maximum Gasteiger partial charge on any atom is 0.138 e. The van der Waals surface area contributed by atoms with E-state index in [2.05, 4.69) is 0 Å². The minimum Gasteiger partial charge on any atom is -0.491 e. The van der Waals surface area contributed by atoms with Crippen molar-refractivity contribution in [3.8, 4) is 5.75 Å². The largest absolute Gasteiger partial charge is 0.491 e. The van der Waals surface area contributed by atoms with Crippen LogP contribution in [0.3, 0.4) is 0 Å². The molecule has 0 aromatic heterocycles. The van der Waals surface area contributed by atoms with Crippen molar-refractivity contribution in [1.82, 2.24) is 5.01 Å². The minimum atomic E-state index is 0.494. The number of ether oxygens (including phenoxy) is 1. The summed E-state index contributed by atoms with van der Waals surface area (Å²) in [5.74, 6) is 6.04. The molecule has 0 atom stereocenters. The van der Waals surface area contributed by atoms with Gasteiger partial charge in [0.15, 0.2) is 0 Å². The van der Waals surface area contributed by atoms with Gasteiger partial charge in [0.1, 0.15) is 12.4 Å².